The summed E-state index contributed by atoms with van der Waals surface area (Å²) in [5, 5.41) is 5.73. The molecule has 1 fully saturated rings. The van der Waals surface area contributed by atoms with Crippen LogP contribution >= 0.6 is 0 Å². The van der Waals surface area contributed by atoms with Crippen LogP contribution in [0.15, 0.2) is 36.4 Å². The molecule has 1 heterocycles. The van der Waals surface area contributed by atoms with Gasteiger partial charge in [0.05, 0.1) is 0 Å². The van der Waals surface area contributed by atoms with Gasteiger partial charge in [-0.05, 0) is 57.4 Å². The van der Waals surface area contributed by atoms with Crippen molar-refractivity contribution in [3.63, 3.8) is 0 Å². The fourth-order valence-corrected chi connectivity index (χ4v) is 5.60. The Morgan fingerprint density at radius 3 is 2.49 bits per heavy atom. The lowest BCUT2D eigenvalue weighted by atomic mass is 10.1. The first-order chi connectivity index (χ1) is 17.7. The largest absolute Gasteiger partial charge is 0.454 e. The first-order valence-corrected chi connectivity index (χ1v) is 13.9. The monoisotopic (exact) mass is 527 g/mol. The number of hydrogen-bond acceptors (Lipinski definition) is 6. The number of nitrogens with zero attached hydrogens (tertiary/aromatic N) is 1. The van der Waals surface area contributed by atoms with E-state index in [0.29, 0.717) is 22.9 Å². The number of carbonyl (C=O) groups excluding carboxylic acids is 3. The van der Waals surface area contributed by atoms with E-state index in [4.69, 9.17) is 9.47 Å². The van der Waals surface area contributed by atoms with Gasteiger partial charge in [-0.1, -0.05) is 30.5 Å². The van der Waals surface area contributed by atoms with Gasteiger partial charge in [-0.3, -0.25) is 23.5 Å². The molecular weight excluding hydrogens is 494 g/mol. The fourth-order valence-electron chi connectivity index (χ4n) is 4.72. The van der Waals surface area contributed by atoms with Gasteiger partial charge in [-0.15, -0.1) is 0 Å². The number of benzene rings is 2. The first kappa shape index (κ1) is 26.7. The Balaban J connectivity index is 1.43. The van der Waals surface area contributed by atoms with Crippen molar-refractivity contribution in [1.29, 1.82) is 0 Å². The zero-order valence-electron chi connectivity index (χ0n) is 21.4. The summed E-state index contributed by atoms with van der Waals surface area (Å²) in [5.74, 6) is -0.850. The highest BCUT2D eigenvalue weighted by Crippen LogP contribution is 2.34. The van der Waals surface area contributed by atoms with Crippen LogP contribution in [0.3, 0.4) is 0 Å². The predicted octanol–water partition coefficient (Wildman–Crippen LogP) is 3.20. The minimum Gasteiger partial charge on any atom is -0.454 e. The first-order valence-electron chi connectivity index (χ1n) is 12.5. The molecule has 2 N–H and O–H groups in total. The standard InChI is InChI=1S/C27H33N3O6S/c1-17-8-10-22(18(2)12-17)30(19(3)27(33)29-20-6-4-5-7-20)26(32)15-37(34)14-25(31)28-21-9-11-23-24(13-21)36-16-35-23/h8-13,19-20H,4-7,14-16H2,1-3H3,(H,28,31)(H,29,33)/t19-,37-/m0/s1. The number of fused-ring (bicyclic) bond motifs is 1. The van der Waals surface area contributed by atoms with Crippen molar-refractivity contribution >= 4 is 39.9 Å². The minimum absolute atomic E-state index is 0.111. The van der Waals surface area contributed by atoms with Crippen molar-refractivity contribution in [2.45, 2.75) is 58.5 Å². The average molecular weight is 528 g/mol. The van der Waals surface area contributed by atoms with Gasteiger partial charge >= 0.3 is 0 Å². The number of amides is 3. The van der Waals surface area contributed by atoms with Crippen LogP contribution in [0, 0.1) is 13.8 Å². The van der Waals surface area contributed by atoms with Gasteiger partial charge in [-0.2, -0.15) is 0 Å². The second-order valence-corrected chi connectivity index (χ2v) is 11.0. The van der Waals surface area contributed by atoms with Crippen LogP contribution in [-0.2, 0) is 25.2 Å². The number of ether oxygens (including phenoxy) is 2. The molecule has 4 rings (SSSR count). The quantitative estimate of drug-likeness (QED) is 0.518. The maximum atomic E-state index is 13.4. The number of nitrogens with one attached hydrogen (secondary N) is 2. The Morgan fingerprint density at radius 2 is 1.76 bits per heavy atom. The summed E-state index contributed by atoms with van der Waals surface area (Å²) in [5.41, 5.74) is 2.93. The van der Waals surface area contributed by atoms with E-state index >= 15 is 0 Å². The van der Waals surface area contributed by atoms with Crippen LogP contribution in [0.5, 0.6) is 11.5 Å². The second kappa shape index (κ2) is 11.8. The Labute approximate surface area is 219 Å². The van der Waals surface area contributed by atoms with E-state index in [-0.39, 0.29) is 30.2 Å². The van der Waals surface area contributed by atoms with Crippen molar-refractivity contribution in [3.8, 4) is 11.5 Å². The normalized spacial score (nSPS) is 16.2. The van der Waals surface area contributed by atoms with E-state index < -0.39 is 28.7 Å². The lowest BCUT2D eigenvalue weighted by molar-refractivity contribution is -0.125. The number of anilines is 2. The maximum absolute atomic E-state index is 13.4. The molecule has 1 aliphatic heterocycles. The van der Waals surface area contributed by atoms with Crippen LogP contribution in [-0.4, -0.2) is 52.3 Å². The molecule has 1 aliphatic carbocycles. The molecule has 9 nitrogen and oxygen atoms in total. The van der Waals surface area contributed by atoms with E-state index in [0.717, 1.165) is 36.8 Å². The Hall–Kier alpha value is -3.40. The van der Waals surface area contributed by atoms with Crippen LogP contribution < -0.4 is 25.0 Å². The lowest BCUT2D eigenvalue weighted by Crippen LogP contribution is -2.51. The molecule has 0 unspecified atom stereocenters. The Morgan fingerprint density at radius 1 is 1.03 bits per heavy atom. The Bertz CT molecular complexity index is 1210. The van der Waals surface area contributed by atoms with Crippen LogP contribution in [0.2, 0.25) is 0 Å². The summed E-state index contributed by atoms with van der Waals surface area (Å²) in [7, 11) is -1.78. The third-order valence-corrected chi connectivity index (χ3v) is 7.73. The summed E-state index contributed by atoms with van der Waals surface area (Å²) in [6, 6.07) is 9.89. The highest BCUT2D eigenvalue weighted by molar-refractivity contribution is 7.86. The van der Waals surface area contributed by atoms with Crippen molar-refractivity contribution in [1.82, 2.24) is 5.32 Å². The Kier molecular flexibility index (Phi) is 8.48. The molecule has 0 bridgehead atoms. The van der Waals surface area contributed by atoms with Gasteiger partial charge in [0.25, 0.3) is 0 Å². The number of rotatable bonds is 9. The van der Waals surface area contributed by atoms with E-state index in [2.05, 4.69) is 10.6 Å². The number of carbonyl (C=O) groups is 3. The second-order valence-electron chi connectivity index (χ2n) is 9.56. The van der Waals surface area contributed by atoms with Crippen molar-refractivity contribution in [2.75, 3.05) is 28.5 Å². The highest BCUT2D eigenvalue weighted by Gasteiger charge is 2.31. The molecule has 2 atom stereocenters. The molecule has 1 saturated carbocycles. The molecule has 2 aromatic rings. The summed E-state index contributed by atoms with van der Waals surface area (Å²) in [6.07, 6.45) is 4.01. The fraction of sp³-hybridized carbons (Fsp3) is 0.444. The third-order valence-electron chi connectivity index (χ3n) is 6.58. The summed E-state index contributed by atoms with van der Waals surface area (Å²) >= 11 is 0. The molecule has 2 aromatic carbocycles. The molecule has 0 aromatic heterocycles. The molecule has 10 heteroatoms. The van der Waals surface area contributed by atoms with Gasteiger partial charge in [0.1, 0.15) is 17.5 Å². The molecule has 0 spiro atoms. The summed E-state index contributed by atoms with van der Waals surface area (Å²) in [6.45, 7) is 5.62. The average Bonchev–Trinajstić information content (AvgIpc) is 3.52. The zero-order valence-corrected chi connectivity index (χ0v) is 22.2. The van der Waals surface area contributed by atoms with Crippen LogP contribution in [0.4, 0.5) is 11.4 Å². The van der Waals surface area contributed by atoms with Gasteiger partial charge in [0.15, 0.2) is 11.5 Å². The van der Waals surface area contributed by atoms with Crippen molar-refractivity contribution in [2.24, 2.45) is 0 Å². The molecule has 3 amide bonds. The molecule has 0 radical (unpaired) electrons. The highest BCUT2D eigenvalue weighted by atomic mass is 32.2. The van der Waals surface area contributed by atoms with Gasteiger partial charge in [0.2, 0.25) is 24.5 Å². The molecule has 37 heavy (non-hydrogen) atoms. The van der Waals surface area contributed by atoms with E-state index in [1.54, 1.807) is 31.2 Å². The molecule has 0 saturated heterocycles. The molecule has 198 valence electrons. The van der Waals surface area contributed by atoms with Gasteiger partial charge in [0, 0.05) is 34.3 Å². The molecular formula is C27H33N3O6S. The van der Waals surface area contributed by atoms with Crippen LogP contribution in [0.1, 0.15) is 43.7 Å². The van der Waals surface area contributed by atoms with E-state index in [9.17, 15) is 18.6 Å². The predicted molar refractivity (Wildman–Crippen MR) is 142 cm³/mol. The van der Waals surface area contributed by atoms with E-state index in [1.807, 2.05) is 26.0 Å². The summed E-state index contributed by atoms with van der Waals surface area (Å²) < 4.78 is 23.4. The maximum Gasteiger partial charge on any atom is 0.243 e. The topological polar surface area (TPSA) is 114 Å². The zero-order chi connectivity index (χ0) is 26.5. The number of hydrogen-bond donors (Lipinski definition) is 2. The number of aryl methyl sites for hydroxylation is 2. The van der Waals surface area contributed by atoms with Gasteiger partial charge < -0.3 is 20.1 Å². The van der Waals surface area contributed by atoms with Gasteiger partial charge in [-0.25, -0.2) is 0 Å². The SMILES string of the molecule is Cc1ccc(N(C(=O)C[S@@](=O)CC(=O)Nc2ccc3c(c2)OCO3)[C@@H](C)C(=O)NC2CCCC2)c(C)c1. The van der Waals surface area contributed by atoms with Crippen molar-refractivity contribution < 1.29 is 28.1 Å². The van der Waals surface area contributed by atoms with Crippen LogP contribution in [0.25, 0.3) is 0 Å². The molecule has 2 aliphatic rings. The lowest BCUT2D eigenvalue weighted by Gasteiger charge is -2.31. The smallest absolute Gasteiger partial charge is 0.243 e. The van der Waals surface area contributed by atoms with E-state index in [1.165, 1.54) is 4.90 Å². The third kappa shape index (κ3) is 6.68. The minimum atomic E-state index is -1.78. The van der Waals surface area contributed by atoms with Crippen molar-refractivity contribution in [3.05, 3.63) is 47.5 Å². The summed E-state index contributed by atoms with van der Waals surface area (Å²) in [4.78, 5) is 40.4.